The van der Waals surface area contributed by atoms with Crippen molar-refractivity contribution in [3.63, 3.8) is 0 Å². The van der Waals surface area contributed by atoms with Gasteiger partial charge in [0.2, 0.25) is 0 Å². The molecule has 2 N–H and O–H groups in total. The van der Waals surface area contributed by atoms with Crippen molar-refractivity contribution in [3.05, 3.63) is 28.2 Å². The first-order valence-corrected chi connectivity index (χ1v) is 5.22. The third kappa shape index (κ3) is 2.07. The van der Waals surface area contributed by atoms with Crippen molar-refractivity contribution in [1.82, 2.24) is 0 Å². The van der Waals surface area contributed by atoms with Gasteiger partial charge in [0.1, 0.15) is 5.75 Å². The molecule has 74 valence electrons. The lowest BCUT2D eigenvalue weighted by molar-refractivity contribution is 0.0996. The van der Waals surface area contributed by atoms with Crippen LogP contribution >= 0.6 is 15.9 Å². The van der Waals surface area contributed by atoms with Crippen LogP contribution in [0.25, 0.3) is 0 Å². The minimum Gasteiger partial charge on any atom is -0.490 e. The Kier molecular flexibility index (Phi) is 2.46. The van der Waals surface area contributed by atoms with Crippen LogP contribution in [0.4, 0.5) is 0 Å². The molecular formula is C10H10BrNO2. The summed E-state index contributed by atoms with van der Waals surface area (Å²) in [5, 5.41) is 0. The fourth-order valence-electron chi connectivity index (χ4n) is 1.16. The van der Waals surface area contributed by atoms with E-state index in [4.69, 9.17) is 10.5 Å². The summed E-state index contributed by atoms with van der Waals surface area (Å²) >= 11 is 3.32. The fraction of sp³-hybridized carbons (Fsp3) is 0.300. The normalized spacial score (nSPS) is 15.2. The molecule has 14 heavy (non-hydrogen) atoms. The zero-order chi connectivity index (χ0) is 10.1. The van der Waals surface area contributed by atoms with Crippen LogP contribution in [0.1, 0.15) is 23.2 Å². The van der Waals surface area contributed by atoms with Gasteiger partial charge in [0, 0.05) is 4.47 Å². The number of hydrogen-bond acceptors (Lipinski definition) is 2. The molecule has 0 heterocycles. The molecule has 0 aromatic heterocycles. The average molecular weight is 256 g/mol. The van der Waals surface area contributed by atoms with Crippen molar-refractivity contribution in [1.29, 1.82) is 0 Å². The van der Waals surface area contributed by atoms with Gasteiger partial charge in [-0.05, 0) is 31.0 Å². The van der Waals surface area contributed by atoms with Gasteiger partial charge in [-0.2, -0.15) is 0 Å². The van der Waals surface area contributed by atoms with E-state index in [0.29, 0.717) is 11.3 Å². The van der Waals surface area contributed by atoms with E-state index in [9.17, 15) is 4.79 Å². The number of amides is 1. The molecule has 2 rings (SSSR count). The van der Waals surface area contributed by atoms with Crippen molar-refractivity contribution in [2.75, 3.05) is 0 Å². The Hall–Kier alpha value is -1.03. The number of benzene rings is 1. The zero-order valence-electron chi connectivity index (χ0n) is 7.50. The number of carbonyl (C=O) groups is 1. The summed E-state index contributed by atoms with van der Waals surface area (Å²) in [7, 11) is 0. The average Bonchev–Trinajstić information content (AvgIpc) is 2.87. The molecule has 1 aliphatic rings. The van der Waals surface area contributed by atoms with Gasteiger partial charge in [0.25, 0.3) is 5.91 Å². The largest absolute Gasteiger partial charge is 0.490 e. The quantitative estimate of drug-likeness (QED) is 0.900. The monoisotopic (exact) mass is 255 g/mol. The molecule has 1 aliphatic carbocycles. The summed E-state index contributed by atoms with van der Waals surface area (Å²) in [5.41, 5.74) is 5.67. The second kappa shape index (κ2) is 3.61. The second-order valence-corrected chi connectivity index (χ2v) is 4.24. The molecule has 0 spiro atoms. The van der Waals surface area contributed by atoms with Gasteiger partial charge in [-0.15, -0.1) is 0 Å². The minimum absolute atomic E-state index is 0.266. The Bertz CT molecular complexity index is 374. The van der Waals surface area contributed by atoms with Crippen molar-refractivity contribution in [2.45, 2.75) is 18.9 Å². The molecule has 0 saturated heterocycles. The summed E-state index contributed by atoms with van der Waals surface area (Å²) in [4.78, 5) is 11.1. The number of carbonyl (C=O) groups excluding carboxylic acids is 1. The lowest BCUT2D eigenvalue weighted by atomic mass is 10.2. The molecule has 1 fully saturated rings. The highest BCUT2D eigenvalue weighted by Crippen LogP contribution is 2.30. The lowest BCUT2D eigenvalue weighted by Crippen LogP contribution is -2.13. The highest BCUT2D eigenvalue weighted by molar-refractivity contribution is 9.10. The van der Waals surface area contributed by atoms with Crippen LogP contribution in [-0.2, 0) is 0 Å². The topological polar surface area (TPSA) is 52.3 Å². The van der Waals surface area contributed by atoms with Crippen LogP contribution in [0, 0.1) is 0 Å². The van der Waals surface area contributed by atoms with Crippen LogP contribution in [0.5, 0.6) is 5.75 Å². The van der Waals surface area contributed by atoms with Gasteiger partial charge >= 0.3 is 0 Å². The lowest BCUT2D eigenvalue weighted by Gasteiger charge is -2.08. The number of rotatable bonds is 3. The summed E-state index contributed by atoms with van der Waals surface area (Å²) in [5.74, 6) is 0.127. The van der Waals surface area contributed by atoms with Crippen molar-refractivity contribution in [2.24, 2.45) is 5.73 Å². The van der Waals surface area contributed by atoms with Gasteiger partial charge in [-0.3, -0.25) is 4.79 Å². The van der Waals surface area contributed by atoms with E-state index in [0.717, 1.165) is 17.3 Å². The molecule has 1 amide bonds. The Morgan fingerprint density at radius 1 is 1.50 bits per heavy atom. The van der Waals surface area contributed by atoms with Gasteiger partial charge in [0.15, 0.2) is 0 Å². The molecule has 0 unspecified atom stereocenters. The summed E-state index contributed by atoms with van der Waals surface area (Å²) in [6.07, 6.45) is 2.39. The first-order chi connectivity index (χ1) is 6.66. The highest BCUT2D eigenvalue weighted by atomic mass is 79.9. The van der Waals surface area contributed by atoms with E-state index >= 15 is 0 Å². The standard InChI is InChI=1S/C10H10BrNO2/c11-6-1-4-8(10(12)13)9(5-6)14-7-2-3-7/h1,4-5,7H,2-3H2,(H2,12,13). The van der Waals surface area contributed by atoms with Crippen molar-refractivity contribution >= 4 is 21.8 Å². The maximum atomic E-state index is 11.1. The van der Waals surface area contributed by atoms with Gasteiger partial charge < -0.3 is 10.5 Å². The van der Waals surface area contributed by atoms with E-state index in [1.165, 1.54) is 0 Å². The molecule has 0 aliphatic heterocycles. The number of nitrogens with two attached hydrogens (primary N) is 1. The number of halogens is 1. The fourth-order valence-corrected chi connectivity index (χ4v) is 1.50. The zero-order valence-corrected chi connectivity index (χ0v) is 9.08. The van der Waals surface area contributed by atoms with E-state index < -0.39 is 5.91 Å². The molecule has 1 aromatic carbocycles. The van der Waals surface area contributed by atoms with Gasteiger partial charge in [-0.25, -0.2) is 0 Å². The molecule has 0 atom stereocenters. The van der Waals surface area contributed by atoms with E-state index in [1.54, 1.807) is 18.2 Å². The first-order valence-electron chi connectivity index (χ1n) is 4.43. The molecular weight excluding hydrogens is 246 g/mol. The predicted molar refractivity (Wildman–Crippen MR) is 56.3 cm³/mol. The summed E-state index contributed by atoms with van der Waals surface area (Å²) in [6.45, 7) is 0. The Balaban J connectivity index is 2.31. The molecule has 4 heteroatoms. The molecule has 1 aromatic rings. The Labute approximate surface area is 90.4 Å². The van der Waals surface area contributed by atoms with E-state index in [2.05, 4.69) is 15.9 Å². The summed E-state index contributed by atoms with van der Waals surface area (Å²) in [6, 6.07) is 5.22. The van der Waals surface area contributed by atoms with Crippen LogP contribution in [0.3, 0.4) is 0 Å². The third-order valence-corrected chi connectivity index (χ3v) is 2.52. The van der Waals surface area contributed by atoms with Crippen molar-refractivity contribution < 1.29 is 9.53 Å². The van der Waals surface area contributed by atoms with Gasteiger partial charge in [0.05, 0.1) is 11.7 Å². The smallest absolute Gasteiger partial charge is 0.252 e. The van der Waals surface area contributed by atoms with E-state index in [1.807, 2.05) is 0 Å². The number of primary amides is 1. The molecule has 0 radical (unpaired) electrons. The second-order valence-electron chi connectivity index (χ2n) is 3.32. The maximum absolute atomic E-state index is 11.1. The van der Waals surface area contributed by atoms with Crippen molar-refractivity contribution in [3.8, 4) is 5.75 Å². The molecule has 1 saturated carbocycles. The SMILES string of the molecule is NC(=O)c1ccc(Br)cc1OC1CC1. The Morgan fingerprint density at radius 2 is 2.21 bits per heavy atom. The van der Waals surface area contributed by atoms with Crippen LogP contribution < -0.4 is 10.5 Å². The predicted octanol–water partition coefficient (Wildman–Crippen LogP) is 2.09. The third-order valence-electron chi connectivity index (χ3n) is 2.03. The maximum Gasteiger partial charge on any atom is 0.252 e. The van der Waals surface area contributed by atoms with E-state index in [-0.39, 0.29) is 6.10 Å². The van der Waals surface area contributed by atoms with Crippen LogP contribution in [-0.4, -0.2) is 12.0 Å². The molecule has 0 bridgehead atoms. The Morgan fingerprint density at radius 3 is 2.79 bits per heavy atom. The number of hydrogen-bond donors (Lipinski definition) is 1. The van der Waals surface area contributed by atoms with Gasteiger partial charge in [-0.1, -0.05) is 15.9 Å². The highest BCUT2D eigenvalue weighted by Gasteiger charge is 2.25. The number of ether oxygens (including phenoxy) is 1. The minimum atomic E-state index is -0.451. The van der Waals surface area contributed by atoms with Crippen LogP contribution in [0.15, 0.2) is 22.7 Å². The molecule has 3 nitrogen and oxygen atoms in total. The van der Waals surface area contributed by atoms with Crippen LogP contribution in [0.2, 0.25) is 0 Å². The summed E-state index contributed by atoms with van der Waals surface area (Å²) < 4.78 is 6.45. The first kappa shape index (κ1) is 9.52.